The van der Waals surface area contributed by atoms with Gasteiger partial charge in [-0.25, -0.2) is 4.79 Å². The van der Waals surface area contributed by atoms with Gasteiger partial charge in [-0.3, -0.25) is 4.68 Å². The summed E-state index contributed by atoms with van der Waals surface area (Å²) in [7, 11) is 0. The number of benzene rings is 1. The summed E-state index contributed by atoms with van der Waals surface area (Å²) in [6, 6.07) is 12.8. The van der Waals surface area contributed by atoms with Crippen LogP contribution >= 0.6 is 0 Å². The predicted octanol–water partition coefficient (Wildman–Crippen LogP) is 3.53. The number of carbonyl (C=O) groups excluding carboxylic acids is 1. The van der Waals surface area contributed by atoms with Gasteiger partial charge in [0.05, 0.1) is 18.3 Å². The van der Waals surface area contributed by atoms with Gasteiger partial charge in [-0.1, -0.05) is 30.3 Å². The number of urea groups is 1. The molecule has 2 aliphatic rings. The van der Waals surface area contributed by atoms with Crippen LogP contribution < -0.4 is 5.32 Å². The second-order valence-electron chi connectivity index (χ2n) is 7.96. The molecular weight excluding hydrogens is 340 g/mol. The second kappa shape index (κ2) is 7.35. The summed E-state index contributed by atoms with van der Waals surface area (Å²) in [6.45, 7) is 6.99. The van der Waals surface area contributed by atoms with Gasteiger partial charge in [0, 0.05) is 37.4 Å². The minimum atomic E-state index is -0.0138. The molecule has 0 aliphatic carbocycles. The van der Waals surface area contributed by atoms with Gasteiger partial charge in [-0.05, 0) is 38.3 Å². The molecule has 1 aromatic carbocycles. The highest BCUT2D eigenvalue weighted by atomic mass is 16.5. The number of aromatic nitrogens is 2. The van der Waals surface area contributed by atoms with Crippen LogP contribution in [0.25, 0.3) is 0 Å². The van der Waals surface area contributed by atoms with Crippen LogP contribution in [0.2, 0.25) is 0 Å². The van der Waals surface area contributed by atoms with Gasteiger partial charge in [0.25, 0.3) is 0 Å². The first-order valence-electron chi connectivity index (χ1n) is 9.80. The monoisotopic (exact) mass is 368 g/mol. The maximum absolute atomic E-state index is 12.9. The maximum atomic E-state index is 12.9. The number of rotatable bonds is 4. The van der Waals surface area contributed by atoms with Crippen LogP contribution in [0.3, 0.4) is 0 Å². The molecule has 27 heavy (non-hydrogen) atoms. The molecule has 2 fully saturated rings. The number of nitrogens with one attached hydrogen (secondary N) is 1. The minimum Gasteiger partial charge on any atom is -0.381 e. The third-order valence-electron chi connectivity index (χ3n) is 5.86. The van der Waals surface area contributed by atoms with Crippen molar-refractivity contribution in [1.29, 1.82) is 0 Å². The van der Waals surface area contributed by atoms with E-state index in [1.165, 1.54) is 5.56 Å². The molecule has 0 saturated carbocycles. The Morgan fingerprint density at radius 3 is 2.67 bits per heavy atom. The van der Waals surface area contributed by atoms with E-state index in [-0.39, 0.29) is 17.5 Å². The van der Waals surface area contributed by atoms with E-state index in [0.29, 0.717) is 12.6 Å². The zero-order chi connectivity index (χ0) is 18.9. The summed E-state index contributed by atoms with van der Waals surface area (Å²) in [6.07, 6.45) is 3.98. The molecule has 144 valence electrons. The number of likely N-dealkylation sites (tertiary alicyclic amines) is 1. The van der Waals surface area contributed by atoms with E-state index in [0.717, 1.165) is 38.3 Å². The van der Waals surface area contributed by atoms with E-state index < -0.39 is 0 Å². The number of hydrogen-bond acceptors (Lipinski definition) is 3. The first-order valence-corrected chi connectivity index (χ1v) is 9.80. The fourth-order valence-corrected chi connectivity index (χ4v) is 4.33. The highest BCUT2D eigenvalue weighted by Gasteiger charge is 2.55. The van der Waals surface area contributed by atoms with E-state index in [1.54, 1.807) is 0 Å². The SMILES string of the molecule is CC(C)n1ccc(CNC(=O)N2CC3(CCOCC3)C2c2ccccc2)n1. The smallest absolute Gasteiger partial charge is 0.318 e. The standard InChI is InChI=1S/C21H28N4O2/c1-16(2)25-11-8-18(23-25)14-22-20(26)24-15-21(9-12-27-13-10-21)19(24)17-6-4-3-5-7-17/h3-8,11,16,19H,9-10,12-15H2,1-2H3,(H,22,26). The zero-order valence-corrected chi connectivity index (χ0v) is 16.1. The van der Waals surface area contributed by atoms with Crippen LogP contribution in [-0.2, 0) is 11.3 Å². The first kappa shape index (κ1) is 18.0. The molecule has 1 unspecified atom stereocenters. The third kappa shape index (κ3) is 3.46. The highest BCUT2D eigenvalue weighted by molar-refractivity contribution is 5.76. The number of amides is 2. The van der Waals surface area contributed by atoms with Crippen LogP contribution in [0.1, 0.15) is 50.0 Å². The molecule has 1 N–H and O–H groups in total. The Bertz CT molecular complexity index is 780. The van der Waals surface area contributed by atoms with E-state index in [4.69, 9.17) is 4.74 Å². The lowest BCUT2D eigenvalue weighted by Crippen LogP contribution is -2.64. The number of ether oxygens (including phenoxy) is 1. The summed E-state index contributed by atoms with van der Waals surface area (Å²) >= 11 is 0. The van der Waals surface area contributed by atoms with E-state index >= 15 is 0 Å². The topological polar surface area (TPSA) is 59.4 Å². The highest BCUT2D eigenvalue weighted by Crippen LogP contribution is 2.54. The predicted molar refractivity (Wildman–Crippen MR) is 103 cm³/mol. The molecule has 0 radical (unpaired) electrons. The summed E-state index contributed by atoms with van der Waals surface area (Å²) < 4.78 is 7.49. The lowest BCUT2D eigenvalue weighted by Gasteiger charge is -2.59. The number of carbonyl (C=O) groups is 1. The van der Waals surface area contributed by atoms with E-state index in [2.05, 4.69) is 48.5 Å². The van der Waals surface area contributed by atoms with Crippen molar-refractivity contribution >= 4 is 6.03 Å². The normalized spacial score (nSPS) is 21.3. The average molecular weight is 368 g/mol. The summed E-state index contributed by atoms with van der Waals surface area (Å²) in [5, 5.41) is 7.57. The van der Waals surface area contributed by atoms with Gasteiger partial charge < -0.3 is 15.0 Å². The van der Waals surface area contributed by atoms with Crippen LogP contribution in [0.4, 0.5) is 4.79 Å². The van der Waals surface area contributed by atoms with Crippen molar-refractivity contribution < 1.29 is 9.53 Å². The molecule has 2 aromatic rings. The molecule has 1 aromatic heterocycles. The Hall–Kier alpha value is -2.34. The summed E-state index contributed by atoms with van der Waals surface area (Å²) in [4.78, 5) is 14.9. The Kier molecular flexibility index (Phi) is 4.91. The molecule has 0 bridgehead atoms. The quantitative estimate of drug-likeness (QED) is 0.898. The maximum Gasteiger partial charge on any atom is 0.318 e. The molecule has 2 aliphatic heterocycles. The van der Waals surface area contributed by atoms with Crippen molar-refractivity contribution in [3.63, 3.8) is 0 Å². The Morgan fingerprint density at radius 1 is 1.26 bits per heavy atom. The van der Waals surface area contributed by atoms with Crippen molar-refractivity contribution in [2.45, 2.75) is 45.3 Å². The van der Waals surface area contributed by atoms with Crippen LogP contribution in [0, 0.1) is 5.41 Å². The van der Waals surface area contributed by atoms with Crippen LogP contribution in [-0.4, -0.2) is 40.5 Å². The molecule has 6 heteroatoms. The van der Waals surface area contributed by atoms with Crippen molar-refractivity contribution in [1.82, 2.24) is 20.0 Å². The molecule has 2 amide bonds. The van der Waals surface area contributed by atoms with Crippen molar-refractivity contribution in [2.24, 2.45) is 5.41 Å². The van der Waals surface area contributed by atoms with Crippen molar-refractivity contribution in [2.75, 3.05) is 19.8 Å². The fraction of sp³-hybridized carbons (Fsp3) is 0.524. The summed E-state index contributed by atoms with van der Waals surface area (Å²) in [5.41, 5.74) is 2.25. The van der Waals surface area contributed by atoms with Gasteiger partial charge >= 0.3 is 6.03 Å². The lowest BCUT2D eigenvalue weighted by molar-refractivity contribution is -0.111. The van der Waals surface area contributed by atoms with Gasteiger partial charge in [-0.2, -0.15) is 5.10 Å². The lowest BCUT2D eigenvalue weighted by atomic mass is 9.64. The molecule has 4 rings (SSSR count). The number of nitrogens with zero attached hydrogens (tertiary/aromatic N) is 3. The van der Waals surface area contributed by atoms with Crippen molar-refractivity contribution in [3.05, 3.63) is 53.9 Å². The van der Waals surface area contributed by atoms with Crippen LogP contribution in [0.5, 0.6) is 0 Å². The zero-order valence-electron chi connectivity index (χ0n) is 16.1. The van der Waals surface area contributed by atoms with Gasteiger partial charge in [0.15, 0.2) is 0 Å². The largest absolute Gasteiger partial charge is 0.381 e. The Balaban J connectivity index is 1.45. The Labute approximate surface area is 160 Å². The molecular formula is C21H28N4O2. The van der Waals surface area contributed by atoms with Crippen molar-refractivity contribution in [3.8, 4) is 0 Å². The van der Waals surface area contributed by atoms with Crippen LogP contribution in [0.15, 0.2) is 42.6 Å². The second-order valence-corrected chi connectivity index (χ2v) is 7.96. The number of hydrogen-bond donors (Lipinski definition) is 1. The summed E-state index contributed by atoms with van der Waals surface area (Å²) in [5.74, 6) is 0. The Morgan fingerprint density at radius 2 is 2.00 bits per heavy atom. The van der Waals surface area contributed by atoms with Gasteiger partial charge in [-0.15, -0.1) is 0 Å². The van der Waals surface area contributed by atoms with Gasteiger partial charge in [0.2, 0.25) is 0 Å². The molecule has 2 saturated heterocycles. The van der Waals surface area contributed by atoms with Gasteiger partial charge in [0.1, 0.15) is 0 Å². The fourth-order valence-electron chi connectivity index (χ4n) is 4.33. The molecule has 6 nitrogen and oxygen atoms in total. The molecule has 1 atom stereocenters. The van der Waals surface area contributed by atoms with E-state index in [9.17, 15) is 4.79 Å². The average Bonchev–Trinajstić information content (AvgIpc) is 3.15. The minimum absolute atomic E-state index is 0.0138. The molecule has 1 spiro atoms. The first-order chi connectivity index (χ1) is 13.1. The van der Waals surface area contributed by atoms with E-state index in [1.807, 2.05) is 27.9 Å². The third-order valence-corrected chi connectivity index (χ3v) is 5.86. The molecule has 3 heterocycles.